The SMILES string of the molecule is Cc1ccc2[nH]cccc-2c1=[N+]([O-])[O-]. The van der Waals surface area contributed by atoms with E-state index in [1.807, 2.05) is 6.07 Å². The third kappa shape index (κ3) is 1.21. The van der Waals surface area contributed by atoms with Crippen molar-refractivity contribution in [3.63, 3.8) is 0 Å². The quantitative estimate of drug-likeness (QED) is 0.633. The molecule has 0 saturated heterocycles. The number of aromatic nitrogens is 1. The number of fused-ring (bicyclic) bond motifs is 1. The summed E-state index contributed by atoms with van der Waals surface area (Å²) in [5.41, 5.74) is 2.12. The molecule has 0 fully saturated rings. The predicted octanol–water partition coefficient (Wildman–Crippen LogP) is 1.20. The van der Waals surface area contributed by atoms with Crippen molar-refractivity contribution in [3.05, 3.63) is 51.8 Å². The maximum absolute atomic E-state index is 10.8. The highest BCUT2D eigenvalue weighted by molar-refractivity contribution is 5.60. The Morgan fingerprint density at radius 3 is 2.71 bits per heavy atom. The highest BCUT2D eigenvalue weighted by atomic mass is 16.8. The van der Waals surface area contributed by atoms with E-state index in [0.29, 0.717) is 11.1 Å². The minimum absolute atomic E-state index is 0.180. The third-order valence-electron chi connectivity index (χ3n) is 2.20. The van der Waals surface area contributed by atoms with Gasteiger partial charge in [0.1, 0.15) is 0 Å². The van der Waals surface area contributed by atoms with Gasteiger partial charge in [-0.3, -0.25) is 0 Å². The average molecular weight is 189 g/mol. The van der Waals surface area contributed by atoms with Crippen molar-refractivity contribution in [1.82, 2.24) is 9.89 Å². The average Bonchev–Trinajstić information content (AvgIpc) is 2.17. The largest absolute Gasteiger partial charge is 0.612 e. The molecule has 1 aliphatic carbocycles. The number of hydrogen-bond donors (Lipinski definition) is 1. The molecule has 0 unspecified atom stereocenters. The normalized spacial score (nSPS) is 10.4. The van der Waals surface area contributed by atoms with Crippen LogP contribution in [0.25, 0.3) is 11.3 Å². The fraction of sp³-hybridized carbons (Fsp3) is 0.100. The van der Waals surface area contributed by atoms with Crippen LogP contribution in [0.2, 0.25) is 0 Å². The van der Waals surface area contributed by atoms with Gasteiger partial charge in [0, 0.05) is 11.8 Å². The van der Waals surface area contributed by atoms with E-state index in [9.17, 15) is 10.4 Å². The van der Waals surface area contributed by atoms with Crippen molar-refractivity contribution in [3.8, 4) is 11.3 Å². The Morgan fingerprint density at radius 1 is 1.21 bits per heavy atom. The summed E-state index contributed by atoms with van der Waals surface area (Å²) in [6.07, 6.45) is 1.75. The number of H-pyrrole nitrogens is 1. The predicted molar refractivity (Wildman–Crippen MR) is 54.2 cm³/mol. The lowest BCUT2D eigenvalue weighted by Gasteiger charge is -2.09. The number of aromatic amines is 1. The maximum atomic E-state index is 10.8. The van der Waals surface area contributed by atoms with Crippen molar-refractivity contribution in [2.45, 2.75) is 6.92 Å². The van der Waals surface area contributed by atoms with Crippen molar-refractivity contribution in [2.75, 3.05) is 0 Å². The molecule has 4 nitrogen and oxygen atoms in total. The summed E-state index contributed by atoms with van der Waals surface area (Å²) in [4.78, 5) is 2.63. The van der Waals surface area contributed by atoms with Gasteiger partial charge in [-0.15, -0.1) is 0 Å². The fourth-order valence-electron chi connectivity index (χ4n) is 1.54. The molecule has 2 rings (SSSR count). The number of nitrogens with one attached hydrogen (secondary N) is 1. The highest BCUT2D eigenvalue weighted by Crippen LogP contribution is 2.13. The van der Waals surface area contributed by atoms with E-state index in [1.54, 1.807) is 31.3 Å². The molecule has 0 aromatic heterocycles. The zero-order valence-electron chi connectivity index (χ0n) is 7.65. The van der Waals surface area contributed by atoms with Crippen molar-refractivity contribution < 1.29 is 0 Å². The second-order valence-corrected chi connectivity index (χ2v) is 3.12. The Labute approximate surface area is 80.7 Å². The van der Waals surface area contributed by atoms with Gasteiger partial charge in [0.2, 0.25) is 5.36 Å². The molecule has 0 aromatic carbocycles. The minimum Gasteiger partial charge on any atom is -0.612 e. The number of hydrogen-bond acceptors (Lipinski definition) is 2. The Balaban J connectivity index is 2.97. The smallest absolute Gasteiger partial charge is 0.235 e. The molecule has 1 heterocycles. The summed E-state index contributed by atoms with van der Waals surface area (Å²) < 4.78 is 0. The summed E-state index contributed by atoms with van der Waals surface area (Å²) >= 11 is 0. The molecule has 1 aliphatic heterocycles. The van der Waals surface area contributed by atoms with E-state index in [0.717, 1.165) is 5.69 Å². The van der Waals surface area contributed by atoms with Gasteiger partial charge in [0.25, 0.3) is 0 Å². The van der Waals surface area contributed by atoms with E-state index in [1.165, 1.54) is 0 Å². The van der Waals surface area contributed by atoms with Crippen LogP contribution in [0.1, 0.15) is 5.56 Å². The van der Waals surface area contributed by atoms with E-state index in [-0.39, 0.29) is 10.3 Å². The van der Waals surface area contributed by atoms with E-state index >= 15 is 0 Å². The van der Waals surface area contributed by atoms with Crippen LogP contribution in [0.4, 0.5) is 0 Å². The van der Waals surface area contributed by atoms with Gasteiger partial charge in [-0.25, -0.2) is 0 Å². The van der Waals surface area contributed by atoms with Gasteiger partial charge in [-0.1, -0.05) is 6.07 Å². The summed E-state index contributed by atoms with van der Waals surface area (Å²) in [6, 6.07) is 7.10. The van der Waals surface area contributed by atoms with Crippen LogP contribution in [-0.2, 0) is 0 Å². The topological polar surface area (TPSA) is 64.9 Å². The third-order valence-corrected chi connectivity index (χ3v) is 2.20. The number of rotatable bonds is 0. The van der Waals surface area contributed by atoms with Crippen molar-refractivity contribution in [2.24, 2.45) is 0 Å². The van der Waals surface area contributed by atoms with Gasteiger partial charge in [0.15, 0.2) is 0 Å². The molecule has 0 atom stereocenters. The molecule has 0 radical (unpaired) electrons. The van der Waals surface area contributed by atoms with E-state index in [4.69, 9.17) is 0 Å². The molecule has 1 N–H and O–H groups in total. The lowest BCUT2D eigenvalue weighted by molar-refractivity contribution is 0.953. The molecule has 0 saturated carbocycles. The highest BCUT2D eigenvalue weighted by Gasteiger charge is 2.09. The molecule has 14 heavy (non-hydrogen) atoms. The van der Waals surface area contributed by atoms with Crippen LogP contribution in [0.5, 0.6) is 0 Å². The fourth-order valence-corrected chi connectivity index (χ4v) is 1.54. The Morgan fingerprint density at radius 2 is 2.00 bits per heavy atom. The van der Waals surface area contributed by atoms with Gasteiger partial charge in [-0.2, -0.15) is 4.90 Å². The molecular weight excluding hydrogens is 180 g/mol. The van der Waals surface area contributed by atoms with Crippen LogP contribution in [0.15, 0.2) is 30.5 Å². The number of benzene rings is 1. The Kier molecular flexibility index (Phi) is 1.89. The van der Waals surface area contributed by atoms with Crippen molar-refractivity contribution in [1.29, 1.82) is 0 Å². The molecule has 0 bridgehead atoms. The second kappa shape index (κ2) is 3.06. The summed E-state index contributed by atoms with van der Waals surface area (Å²) in [5, 5.41) is 21.8. The molecule has 2 aliphatic rings. The van der Waals surface area contributed by atoms with Crippen LogP contribution < -0.4 is 10.3 Å². The van der Waals surface area contributed by atoms with Gasteiger partial charge in [-0.05, 0) is 25.1 Å². The van der Waals surface area contributed by atoms with Gasteiger partial charge < -0.3 is 15.4 Å². The van der Waals surface area contributed by atoms with E-state index < -0.39 is 0 Å². The molecule has 72 valence electrons. The van der Waals surface area contributed by atoms with Gasteiger partial charge in [0.05, 0.1) is 11.3 Å². The lowest BCUT2D eigenvalue weighted by atomic mass is 10.1. The number of nitrogens with zero attached hydrogens (tertiary/aromatic N) is 1. The number of pyridine rings is 1. The van der Waals surface area contributed by atoms with Crippen LogP contribution in [0.3, 0.4) is 0 Å². The first kappa shape index (κ1) is 8.62. The molecule has 0 spiro atoms. The Hall–Kier alpha value is -1.97. The van der Waals surface area contributed by atoms with Crippen LogP contribution in [-0.4, -0.2) is 4.98 Å². The second-order valence-electron chi connectivity index (χ2n) is 3.12. The summed E-state index contributed by atoms with van der Waals surface area (Å²) in [6.45, 7) is 1.74. The van der Waals surface area contributed by atoms with Crippen molar-refractivity contribution >= 4 is 0 Å². The molecular formula is C10H9N2O2-. The van der Waals surface area contributed by atoms with Crippen LogP contribution >= 0.6 is 0 Å². The summed E-state index contributed by atoms with van der Waals surface area (Å²) in [5.74, 6) is 0. The Bertz CT molecular complexity index is 498. The van der Waals surface area contributed by atoms with Gasteiger partial charge >= 0.3 is 0 Å². The summed E-state index contributed by atoms with van der Waals surface area (Å²) in [7, 11) is 0. The zero-order chi connectivity index (χ0) is 10.1. The first-order valence-electron chi connectivity index (χ1n) is 4.24. The molecule has 0 aromatic rings. The molecule has 4 heteroatoms. The van der Waals surface area contributed by atoms with Crippen LogP contribution in [0, 0.1) is 17.3 Å². The lowest BCUT2D eigenvalue weighted by Crippen LogP contribution is -2.24. The zero-order valence-corrected chi connectivity index (χ0v) is 7.65. The first-order valence-corrected chi connectivity index (χ1v) is 4.24. The first-order chi connectivity index (χ1) is 6.70. The monoisotopic (exact) mass is 189 g/mol. The minimum atomic E-state index is -0.342. The molecule has 0 amide bonds. The number of aryl methyl sites for hydroxylation is 1. The van der Waals surface area contributed by atoms with E-state index in [2.05, 4.69) is 4.98 Å². The maximum Gasteiger partial charge on any atom is 0.235 e. The standard InChI is InChI=1S/C10H9N2O2/c1-7-4-5-9-8(3-2-6-11-9)10(7)12(13)14/h2-6,11H,1H3/q-1.